The standard InChI is InChI=1S/C26H24N2O5/c29-24(32-18-21-12-6-2-7-13-21)23-17-27(16-20-10-4-1-5-11-20)25(30)28(23)26(31)33-19-22-14-8-3-9-15-22/h1-15,23H,16-19H2. The number of urea groups is 1. The number of amides is 3. The molecule has 0 bridgehead atoms. The van der Waals surface area contributed by atoms with E-state index in [-0.39, 0.29) is 26.3 Å². The number of imide groups is 1. The molecular weight excluding hydrogens is 420 g/mol. The molecule has 3 amide bonds. The van der Waals surface area contributed by atoms with E-state index in [2.05, 4.69) is 0 Å². The second-order valence-electron chi connectivity index (χ2n) is 7.67. The molecule has 3 aromatic rings. The molecule has 0 N–H and O–H groups in total. The Morgan fingerprint density at radius 3 is 1.76 bits per heavy atom. The van der Waals surface area contributed by atoms with E-state index in [1.54, 1.807) is 0 Å². The lowest BCUT2D eigenvalue weighted by molar-refractivity contribution is -0.149. The maximum Gasteiger partial charge on any atom is 0.419 e. The van der Waals surface area contributed by atoms with E-state index in [1.165, 1.54) is 4.90 Å². The van der Waals surface area contributed by atoms with Crippen LogP contribution in [0.25, 0.3) is 0 Å². The highest BCUT2D eigenvalue weighted by molar-refractivity contribution is 5.98. The highest BCUT2D eigenvalue weighted by Gasteiger charge is 2.47. The largest absolute Gasteiger partial charge is 0.459 e. The van der Waals surface area contributed by atoms with Crippen molar-refractivity contribution < 1.29 is 23.9 Å². The van der Waals surface area contributed by atoms with Crippen molar-refractivity contribution in [3.05, 3.63) is 108 Å². The van der Waals surface area contributed by atoms with Gasteiger partial charge in [-0.25, -0.2) is 19.3 Å². The number of benzene rings is 3. The molecule has 1 fully saturated rings. The summed E-state index contributed by atoms with van der Waals surface area (Å²) in [5, 5.41) is 0. The first-order valence-corrected chi connectivity index (χ1v) is 10.6. The van der Waals surface area contributed by atoms with Gasteiger partial charge in [-0.05, 0) is 16.7 Å². The Morgan fingerprint density at radius 1 is 0.727 bits per heavy atom. The molecule has 7 nitrogen and oxygen atoms in total. The van der Waals surface area contributed by atoms with Crippen LogP contribution in [0.1, 0.15) is 16.7 Å². The molecule has 168 valence electrons. The lowest BCUT2D eigenvalue weighted by atomic mass is 10.2. The van der Waals surface area contributed by atoms with Gasteiger partial charge in [-0.1, -0.05) is 91.0 Å². The van der Waals surface area contributed by atoms with Gasteiger partial charge in [-0.15, -0.1) is 0 Å². The normalized spacial score (nSPS) is 15.4. The van der Waals surface area contributed by atoms with Gasteiger partial charge in [-0.2, -0.15) is 0 Å². The van der Waals surface area contributed by atoms with Crippen molar-refractivity contribution in [2.75, 3.05) is 6.54 Å². The fourth-order valence-electron chi connectivity index (χ4n) is 3.59. The van der Waals surface area contributed by atoms with Crippen molar-refractivity contribution in [1.82, 2.24) is 9.80 Å². The van der Waals surface area contributed by atoms with E-state index >= 15 is 0 Å². The van der Waals surface area contributed by atoms with Crippen LogP contribution in [0.5, 0.6) is 0 Å². The van der Waals surface area contributed by atoms with Crippen molar-refractivity contribution in [2.45, 2.75) is 25.8 Å². The predicted molar refractivity (Wildman–Crippen MR) is 121 cm³/mol. The van der Waals surface area contributed by atoms with Crippen LogP contribution in [-0.4, -0.2) is 40.5 Å². The third-order valence-corrected chi connectivity index (χ3v) is 5.30. The van der Waals surface area contributed by atoms with Crippen molar-refractivity contribution >= 4 is 18.1 Å². The van der Waals surface area contributed by atoms with Crippen LogP contribution in [0.2, 0.25) is 0 Å². The van der Waals surface area contributed by atoms with Crippen molar-refractivity contribution in [3.63, 3.8) is 0 Å². The van der Waals surface area contributed by atoms with Gasteiger partial charge in [0.15, 0.2) is 6.04 Å². The second-order valence-corrected chi connectivity index (χ2v) is 7.67. The fraction of sp³-hybridized carbons (Fsp3) is 0.192. The molecule has 1 heterocycles. The van der Waals surface area contributed by atoms with Crippen LogP contribution < -0.4 is 0 Å². The lowest BCUT2D eigenvalue weighted by Crippen LogP contribution is -2.44. The summed E-state index contributed by atoms with van der Waals surface area (Å²) in [6.45, 7) is 0.344. The fourth-order valence-corrected chi connectivity index (χ4v) is 3.59. The van der Waals surface area contributed by atoms with Crippen LogP contribution in [-0.2, 0) is 34.0 Å². The minimum Gasteiger partial charge on any atom is -0.459 e. The summed E-state index contributed by atoms with van der Waals surface area (Å²) in [5.41, 5.74) is 2.48. The predicted octanol–water partition coefficient (Wildman–Crippen LogP) is 4.37. The van der Waals surface area contributed by atoms with Crippen LogP contribution >= 0.6 is 0 Å². The van der Waals surface area contributed by atoms with Crippen molar-refractivity contribution in [3.8, 4) is 0 Å². The Balaban J connectivity index is 1.48. The van der Waals surface area contributed by atoms with Gasteiger partial charge in [0.05, 0.1) is 6.54 Å². The number of esters is 1. The van der Waals surface area contributed by atoms with Gasteiger partial charge >= 0.3 is 18.1 Å². The zero-order chi connectivity index (χ0) is 23.0. The number of carbonyl (C=O) groups excluding carboxylic acids is 3. The third-order valence-electron chi connectivity index (χ3n) is 5.30. The molecule has 1 aliphatic heterocycles. The van der Waals surface area contributed by atoms with Crippen molar-refractivity contribution in [2.24, 2.45) is 0 Å². The van der Waals surface area contributed by atoms with Gasteiger partial charge in [0.2, 0.25) is 0 Å². The summed E-state index contributed by atoms with van der Waals surface area (Å²) < 4.78 is 10.8. The van der Waals surface area contributed by atoms with E-state index in [0.29, 0.717) is 0 Å². The number of nitrogens with zero attached hydrogens (tertiary/aromatic N) is 2. The Labute approximate surface area is 192 Å². The number of ether oxygens (including phenoxy) is 2. The van der Waals surface area contributed by atoms with Crippen LogP contribution in [0.15, 0.2) is 91.0 Å². The maximum atomic E-state index is 13.1. The molecule has 0 aromatic heterocycles. The molecule has 1 unspecified atom stereocenters. The van der Waals surface area contributed by atoms with Gasteiger partial charge in [0.25, 0.3) is 0 Å². The lowest BCUT2D eigenvalue weighted by Gasteiger charge is -2.20. The minimum atomic E-state index is -1.09. The van der Waals surface area contributed by atoms with E-state index in [9.17, 15) is 14.4 Å². The average molecular weight is 444 g/mol. The quantitative estimate of drug-likeness (QED) is 0.506. The van der Waals surface area contributed by atoms with Gasteiger partial charge in [-0.3, -0.25) is 0 Å². The minimum absolute atomic E-state index is 0.00603. The second kappa shape index (κ2) is 10.5. The first-order valence-electron chi connectivity index (χ1n) is 10.6. The first-order chi connectivity index (χ1) is 16.1. The topological polar surface area (TPSA) is 76.2 Å². The smallest absolute Gasteiger partial charge is 0.419 e. The van der Waals surface area contributed by atoms with E-state index in [4.69, 9.17) is 9.47 Å². The Bertz CT molecular complexity index is 1090. The molecular formula is C26H24N2O5. The first kappa shape index (κ1) is 22.1. The molecule has 0 radical (unpaired) electrons. The van der Waals surface area contributed by atoms with E-state index in [1.807, 2.05) is 91.0 Å². The average Bonchev–Trinajstić information content (AvgIpc) is 3.19. The Kier molecular flexibility index (Phi) is 6.99. The highest BCUT2D eigenvalue weighted by Crippen LogP contribution is 2.22. The van der Waals surface area contributed by atoms with E-state index in [0.717, 1.165) is 21.6 Å². The maximum absolute atomic E-state index is 13.1. The Morgan fingerprint density at radius 2 is 1.21 bits per heavy atom. The third kappa shape index (κ3) is 5.57. The Hall–Kier alpha value is -4.13. The molecule has 1 saturated heterocycles. The SMILES string of the molecule is O=C(OCc1ccccc1)C1CN(Cc2ccccc2)C(=O)N1C(=O)OCc1ccccc1. The molecule has 3 aromatic carbocycles. The summed E-state index contributed by atoms with van der Waals surface area (Å²) in [6.07, 6.45) is -0.874. The zero-order valence-electron chi connectivity index (χ0n) is 18.0. The molecule has 0 spiro atoms. The van der Waals surface area contributed by atoms with Crippen LogP contribution in [0.3, 0.4) is 0 Å². The summed E-state index contributed by atoms with van der Waals surface area (Å²) in [4.78, 5) is 41.2. The summed E-state index contributed by atoms with van der Waals surface area (Å²) in [5.74, 6) is -0.653. The van der Waals surface area contributed by atoms with Gasteiger partial charge in [0.1, 0.15) is 13.2 Å². The number of carbonyl (C=O) groups is 3. The number of hydrogen-bond donors (Lipinski definition) is 0. The molecule has 1 atom stereocenters. The molecule has 0 saturated carbocycles. The van der Waals surface area contributed by atoms with Crippen LogP contribution in [0, 0.1) is 0 Å². The summed E-state index contributed by atoms with van der Waals surface area (Å²) >= 11 is 0. The van der Waals surface area contributed by atoms with Crippen molar-refractivity contribution in [1.29, 1.82) is 0 Å². The summed E-state index contributed by atoms with van der Waals surface area (Å²) in [7, 11) is 0. The van der Waals surface area contributed by atoms with E-state index < -0.39 is 24.1 Å². The number of rotatable bonds is 7. The highest BCUT2D eigenvalue weighted by atomic mass is 16.6. The monoisotopic (exact) mass is 444 g/mol. The molecule has 33 heavy (non-hydrogen) atoms. The summed E-state index contributed by atoms with van der Waals surface area (Å²) in [6, 6.07) is 26.1. The number of hydrogen-bond acceptors (Lipinski definition) is 5. The van der Waals surface area contributed by atoms with Gasteiger partial charge in [0, 0.05) is 6.54 Å². The van der Waals surface area contributed by atoms with Gasteiger partial charge < -0.3 is 14.4 Å². The molecule has 7 heteroatoms. The molecule has 4 rings (SSSR count). The van der Waals surface area contributed by atoms with Crippen LogP contribution in [0.4, 0.5) is 9.59 Å². The molecule has 1 aliphatic rings. The molecule has 0 aliphatic carbocycles. The zero-order valence-corrected chi connectivity index (χ0v) is 18.0.